The fourth-order valence-corrected chi connectivity index (χ4v) is 8.32. The van der Waals surface area contributed by atoms with Crippen LogP contribution in [0.1, 0.15) is 271 Å². The summed E-state index contributed by atoms with van der Waals surface area (Å²) in [5.74, 6) is -0.506. The van der Waals surface area contributed by atoms with Gasteiger partial charge in [0.15, 0.2) is 0 Å². The highest BCUT2D eigenvalue weighted by atomic mass is 16.5. The van der Waals surface area contributed by atoms with Gasteiger partial charge in [0.1, 0.15) is 6.10 Å². The second kappa shape index (κ2) is 53.3. The van der Waals surface area contributed by atoms with Crippen molar-refractivity contribution in [3.63, 3.8) is 0 Å². The maximum Gasteiger partial charge on any atom is 0.306 e. The first-order valence-electron chi connectivity index (χ1n) is 28.2. The Bertz CT molecular complexity index is 1220. The molecule has 0 fully saturated rings. The third-order valence-electron chi connectivity index (χ3n) is 12.6. The molecule has 0 saturated heterocycles. The molecule has 66 heavy (non-hydrogen) atoms. The van der Waals surface area contributed by atoms with E-state index < -0.39 is 18.2 Å². The summed E-state index contributed by atoms with van der Waals surface area (Å²) < 4.78 is 5.94. The summed E-state index contributed by atoms with van der Waals surface area (Å²) in [7, 11) is 0. The number of amides is 1. The largest absolute Gasteiger partial charge is 0.462 e. The lowest BCUT2D eigenvalue weighted by molar-refractivity contribution is -0.151. The van der Waals surface area contributed by atoms with Crippen LogP contribution in [0.5, 0.6) is 0 Å². The monoisotopic (exact) mass is 922 g/mol. The van der Waals surface area contributed by atoms with Crippen molar-refractivity contribution >= 4 is 11.9 Å². The molecule has 0 aromatic heterocycles. The number of aliphatic hydroxyl groups excluding tert-OH is 2. The molecular weight excluding hydrogens is 815 g/mol. The zero-order valence-electron chi connectivity index (χ0n) is 43.6. The van der Waals surface area contributed by atoms with Gasteiger partial charge in [0, 0.05) is 6.42 Å². The number of aliphatic hydroxyl groups is 2. The van der Waals surface area contributed by atoms with Crippen molar-refractivity contribution in [1.82, 2.24) is 5.32 Å². The van der Waals surface area contributed by atoms with Gasteiger partial charge in [0.25, 0.3) is 0 Å². The van der Waals surface area contributed by atoms with E-state index >= 15 is 0 Å². The van der Waals surface area contributed by atoms with Crippen LogP contribution in [0.4, 0.5) is 0 Å². The second-order valence-corrected chi connectivity index (χ2v) is 19.0. The van der Waals surface area contributed by atoms with Crippen LogP contribution in [0.2, 0.25) is 0 Å². The molecule has 1 amide bonds. The van der Waals surface area contributed by atoms with Gasteiger partial charge >= 0.3 is 5.97 Å². The Balaban J connectivity index is 4.57. The average Bonchev–Trinajstić information content (AvgIpc) is 3.31. The summed E-state index contributed by atoms with van der Waals surface area (Å²) in [6.07, 6.45) is 68.2. The normalized spacial score (nSPS) is 13.7. The van der Waals surface area contributed by atoms with Gasteiger partial charge in [0.05, 0.1) is 25.2 Å². The highest BCUT2D eigenvalue weighted by Gasteiger charge is 2.24. The molecule has 0 aromatic carbocycles. The zero-order valence-corrected chi connectivity index (χ0v) is 43.6. The van der Waals surface area contributed by atoms with E-state index in [2.05, 4.69) is 99.0 Å². The molecule has 0 bridgehead atoms. The summed E-state index contributed by atoms with van der Waals surface area (Å²) in [5, 5.41) is 23.9. The third kappa shape index (κ3) is 47.8. The highest BCUT2D eigenvalue weighted by Crippen LogP contribution is 2.18. The Morgan fingerprint density at radius 3 is 1.39 bits per heavy atom. The van der Waals surface area contributed by atoms with Crippen molar-refractivity contribution in [1.29, 1.82) is 0 Å². The van der Waals surface area contributed by atoms with Gasteiger partial charge in [-0.3, -0.25) is 9.59 Å². The zero-order chi connectivity index (χ0) is 48.1. The number of hydrogen-bond donors (Lipinski definition) is 3. The second-order valence-electron chi connectivity index (χ2n) is 19.0. The minimum Gasteiger partial charge on any atom is -0.462 e. The fraction of sp³-hybridized carbons (Fsp3) is 0.767. The quantitative estimate of drug-likeness (QED) is 0.0244. The maximum absolute atomic E-state index is 13.2. The summed E-state index contributed by atoms with van der Waals surface area (Å²) in [5.41, 5.74) is 0. The van der Waals surface area contributed by atoms with E-state index in [1.165, 1.54) is 122 Å². The number of carbonyl (C=O) groups excluding carboxylic acids is 2. The Morgan fingerprint density at radius 2 is 0.879 bits per heavy atom. The van der Waals surface area contributed by atoms with Crippen LogP contribution >= 0.6 is 0 Å². The number of esters is 1. The van der Waals surface area contributed by atoms with Crippen LogP contribution in [-0.4, -0.2) is 46.9 Å². The SMILES string of the molecule is CC/C=C/C=C/C=C/CCCCCCCC(CC(=O)NC(CO)C(O)CCCCCCCCCCCCCCCCC)OC(=O)CCCCCCCC/C=C\C/C=C\C/C=C\CCCCC. The van der Waals surface area contributed by atoms with Gasteiger partial charge in [-0.25, -0.2) is 0 Å². The van der Waals surface area contributed by atoms with Gasteiger partial charge in [0.2, 0.25) is 5.91 Å². The Morgan fingerprint density at radius 1 is 0.470 bits per heavy atom. The van der Waals surface area contributed by atoms with Crippen molar-refractivity contribution in [2.75, 3.05) is 6.61 Å². The molecule has 0 spiro atoms. The first-order valence-corrected chi connectivity index (χ1v) is 28.2. The molecule has 0 rings (SSSR count). The molecule has 0 aliphatic carbocycles. The van der Waals surface area contributed by atoms with E-state index in [1.54, 1.807) is 0 Å². The topological polar surface area (TPSA) is 95.9 Å². The average molecular weight is 923 g/mol. The van der Waals surface area contributed by atoms with E-state index in [4.69, 9.17) is 4.74 Å². The number of hydrogen-bond acceptors (Lipinski definition) is 5. The molecular formula is C60H107NO5. The Kier molecular flexibility index (Phi) is 51.1. The van der Waals surface area contributed by atoms with Gasteiger partial charge in [-0.2, -0.15) is 0 Å². The highest BCUT2D eigenvalue weighted by molar-refractivity contribution is 5.77. The first kappa shape index (κ1) is 63.3. The number of nitrogens with one attached hydrogen (secondary N) is 1. The molecule has 3 unspecified atom stereocenters. The number of carbonyl (C=O) groups is 2. The molecule has 3 N–H and O–H groups in total. The molecule has 0 aliphatic heterocycles. The van der Waals surface area contributed by atoms with Crippen LogP contribution in [0, 0.1) is 0 Å². The van der Waals surface area contributed by atoms with Gasteiger partial charge in [-0.15, -0.1) is 0 Å². The number of rotatable bonds is 50. The minimum absolute atomic E-state index is 0.0565. The summed E-state index contributed by atoms with van der Waals surface area (Å²) in [6, 6.07) is -0.714. The van der Waals surface area contributed by atoms with Crippen LogP contribution in [0.3, 0.4) is 0 Å². The van der Waals surface area contributed by atoms with Crippen LogP contribution < -0.4 is 5.32 Å². The summed E-state index contributed by atoms with van der Waals surface area (Å²) in [4.78, 5) is 26.2. The summed E-state index contributed by atoms with van der Waals surface area (Å²) in [6.45, 7) is 6.33. The van der Waals surface area contributed by atoms with E-state index in [1.807, 2.05) is 0 Å². The van der Waals surface area contributed by atoms with Gasteiger partial charge in [-0.1, -0.05) is 248 Å². The number of allylic oxidation sites excluding steroid dienone is 12. The van der Waals surface area contributed by atoms with Gasteiger partial charge < -0.3 is 20.3 Å². The van der Waals surface area contributed by atoms with E-state index in [-0.39, 0.29) is 24.9 Å². The van der Waals surface area contributed by atoms with Crippen LogP contribution in [0.15, 0.2) is 72.9 Å². The van der Waals surface area contributed by atoms with Crippen molar-refractivity contribution in [2.45, 2.75) is 289 Å². The van der Waals surface area contributed by atoms with E-state index in [9.17, 15) is 19.8 Å². The minimum atomic E-state index is -0.799. The van der Waals surface area contributed by atoms with Crippen LogP contribution in [-0.2, 0) is 14.3 Å². The fourth-order valence-electron chi connectivity index (χ4n) is 8.32. The van der Waals surface area contributed by atoms with Crippen molar-refractivity contribution < 1.29 is 24.5 Å². The number of ether oxygens (including phenoxy) is 1. The summed E-state index contributed by atoms with van der Waals surface area (Å²) >= 11 is 0. The molecule has 6 nitrogen and oxygen atoms in total. The maximum atomic E-state index is 13.2. The lowest BCUT2D eigenvalue weighted by Crippen LogP contribution is -2.46. The Hall–Kier alpha value is -2.70. The molecule has 6 heteroatoms. The Labute approximate surface area is 409 Å². The predicted octanol–water partition coefficient (Wildman–Crippen LogP) is 17.3. The molecule has 0 radical (unpaired) electrons. The van der Waals surface area contributed by atoms with E-state index in [0.717, 1.165) is 103 Å². The molecule has 0 saturated carbocycles. The van der Waals surface area contributed by atoms with Crippen molar-refractivity contribution in [3.8, 4) is 0 Å². The first-order chi connectivity index (χ1) is 32.5. The smallest absolute Gasteiger partial charge is 0.306 e. The lowest BCUT2D eigenvalue weighted by Gasteiger charge is -2.24. The van der Waals surface area contributed by atoms with Crippen LogP contribution in [0.25, 0.3) is 0 Å². The number of unbranched alkanes of at least 4 members (excludes halogenated alkanes) is 28. The van der Waals surface area contributed by atoms with Crippen molar-refractivity contribution in [2.24, 2.45) is 0 Å². The third-order valence-corrected chi connectivity index (χ3v) is 12.6. The lowest BCUT2D eigenvalue weighted by atomic mass is 10.0. The molecule has 3 atom stereocenters. The van der Waals surface area contributed by atoms with E-state index in [0.29, 0.717) is 19.3 Å². The molecule has 382 valence electrons. The predicted molar refractivity (Wildman–Crippen MR) is 287 cm³/mol. The van der Waals surface area contributed by atoms with Crippen molar-refractivity contribution in [3.05, 3.63) is 72.9 Å². The van der Waals surface area contributed by atoms with Gasteiger partial charge in [-0.05, 0) is 83.5 Å². The molecule has 0 aromatic rings. The molecule has 0 heterocycles. The standard InChI is InChI=1S/C60H107NO5/c1-4-7-10-13-16-19-22-25-27-28-29-30-32-35-38-41-44-47-50-53-60(65)66-56(51-48-45-42-39-36-33-24-21-18-15-12-9-6-3)54-59(64)61-57(55-62)58(63)52-49-46-43-40-37-34-31-26-23-20-17-14-11-8-5-2/h9,12,15-16,18-19,21,24-25,27,29-30,56-58,62-63H,4-8,10-11,13-14,17,20,22-23,26,28,31-55H2,1-3H3,(H,61,64)/b12-9+,18-15+,19-16-,24-21+,27-25-,30-29-. The molecule has 0 aliphatic rings.